The molecule has 2 aliphatic rings. The number of carbonyl (C=O) groups is 2. The van der Waals surface area contributed by atoms with Crippen molar-refractivity contribution < 1.29 is 18.0 Å². The van der Waals surface area contributed by atoms with Crippen molar-refractivity contribution in [2.24, 2.45) is 0 Å². The first-order chi connectivity index (χ1) is 14.4. The number of aromatic nitrogens is 2. The maximum atomic E-state index is 12.5. The molecular formula is C20H25N5O4S. The van der Waals surface area contributed by atoms with E-state index < -0.39 is 15.9 Å². The molecule has 2 saturated carbocycles. The van der Waals surface area contributed by atoms with Gasteiger partial charge in [-0.3, -0.25) is 14.3 Å². The Bertz CT molecular complexity index is 1040. The van der Waals surface area contributed by atoms with Gasteiger partial charge in [0, 0.05) is 23.8 Å². The highest BCUT2D eigenvalue weighted by Crippen LogP contribution is 2.23. The minimum atomic E-state index is -3.64. The fraction of sp³-hybridized carbons (Fsp3) is 0.450. The topological polar surface area (TPSA) is 122 Å². The predicted molar refractivity (Wildman–Crippen MR) is 110 cm³/mol. The zero-order chi connectivity index (χ0) is 21.1. The second-order valence-corrected chi connectivity index (χ2v) is 9.57. The van der Waals surface area contributed by atoms with Gasteiger partial charge in [-0.2, -0.15) is 5.10 Å². The summed E-state index contributed by atoms with van der Waals surface area (Å²) in [6.45, 7) is 0.0763. The molecule has 0 spiro atoms. The average molecular weight is 432 g/mol. The first-order valence-electron chi connectivity index (χ1n) is 10.1. The van der Waals surface area contributed by atoms with Crippen molar-refractivity contribution >= 4 is 27.5 Å². The largest absolute Gasteiger partial charge is 0.352 e. The molecule has 1 aromatic heterocycles. The third kappa shape index (κ3) is 5.25. The van der Waals surface area contributed by atoms with Crippen LogP contribution in [0.1, 0.15) is 48.9 Å². The number of carbonyl (C=O) groups excluding carboxylic acids is 2. The van der Waals surface area contributed by atoms with Gasteiger partial charge >= 0.3 is 0 Å². The van der Waals surface area contributed by atoms with Crippen LogP contribution in [0.4, 0.5) is 5.69 Å². The third-order valence-corrected chi connectivity index (χ3v) is 6.74. The maximum Gasteiger partial charge on any atom is 0.255 e. The van der Waals surface area contributed by atoms with Gasteiger partial charge in [-0.05, 0) is 43.9 Å². The summed E-state index contributed by atoms with van der Waals surface area (Å²) >= 11 is 0. The van der Waals surface area contributed by atoms with E-state index >= 15 is 0 Å². The Hall–Kier alpha value is -2.72. The summed E-state index contributed by atoms with van der Waals surface area (Å²) in [5, 5.41) is 9.79. The van der Waals surface area contributed by atoms with Crippen LogP contribution in [0.15, 0.2) is 41.6 Å². The molecule has 3 N–H and O–H groups in total. The molecular weight excluding hydrogens is 406 g/mol. The molecule has 2 amide bonds. The van der Waals surface area contributed by atoms with E-state index in [4.69, 9.17) is 0 Å². The van der Waals surface area contributed by atoms with Gasteiger partial charge in [-0.15, -0.1) is 0 Å². The Labute approximate surface area is 175 Å². The second-order valence-electron chi connectivity index (χ2n) is 7.85. The molecule has 0 aliphatic heterocycles. The van der Waals surface area contributed by atoms with E-state index in [1.54, 1.807) is 12.3 Å². The third-order valence-electron chi connectivity index (χ3n) is 5.22. The minimum absolute atomic E-state index is 0.0100. The van der Waals surface area contributed by atoms with Crippen LogP contribution in [-0.2, 0) is 21.4 Å². The maximum absolute atomic E-state index is 12.5. The van der Waals surface area contributed by atoms with Gasteiger partial charge in [0.15, 0.2) is 0 Å². The van der Waals surface area contributed by atoms with E-state index in [0.717, 1.165) is 38.5 Å². The molecule has 1 heterocycles. The number of sulfonamides is 1. The molecule has 30 heavy (non-hydrogen) atoms. The fourth-order valence-electron chi connectivity index (χ4n) is 3.50. The summed E-state index contributed by atoms with van der Waals surface area (Å²) in [7, 11) is -3.64. The summed E-state index contributed by atoms with van der Waals surface area (Å²) in [5.41, 5.74) is 0.651. The smallest absolute Gasteiger partial charge is 0.255 e. The monoisotopic (exact) mass is 431 g/mol. The number of nitrogens with one attached hydrogen (secondary N) is 3. The van der Waals surface area contributed by atoms with Crippen LogP contribution in [0.3, 0.4) is 0 Å². The zero-order valence-corrected chi connectivity index (χ0v) is 17.3. The molecule has 0 atom stereocenters. The zero-order valence-electron chi connectivity index (χ0n) is 16.5. The lowest BCUT2D eigenvalue weighted by Gasteiger charge is -2.11. The molecule has 4 rings (SSSR count). The normalized spacial score (nSPS) is 17.1. The van der Waals surface area contributed by atoms with Crippen molar-refractivity contribution in [1.82, 2.24) is 19.8 Å². The van der Waals surface area contributed by atoms with E-state index in [-0.39, 0.29) is 35.0 Å². The van der Waals surface area contributed by atoms with Crippen LogP contribution in [0, 0.1) is 0 Å². The Morgan fingerprint density at radius 1 is 1.10 bits per heavy atom. The summed E-state index contributed by atoms with van der Waals surface area (Å²) in [6, 6.07) is 6.12. The van der Waals surface area contributed by atoms with Crippen LogP contribution in [0.2, 0.25) is 0 Å². The molecule has 2 aromatic rings. The number of hydrogen-bond donors (Lipinski definition) is 3. The predicted octanol–water partition coefficient (Wildman–Crippen LogP) is 1.63. The Balaban J connectivity index is 1.36. The standard InChI is InChI=1S/C20H25N5O4S/c26-19(22-15-5-1-2-6-15)13-25-12-17(11-21-25)23-20(27)14-4-3-7-18(10-14)30(28,29)24-16-8-9-16/h3-4,7,10-12,15-16,24H,1-2,5-6,8-9,13H2,(H,22,26)(H,23,27). The van der Waals surface area contributed by atoms with Crippen LogP contribution < -0.4 is 15.4 Å². The van der Waals surface area contributed by atoms with Crippen LogP contribution in [0.5, 0.6) is 0 Å². The van der Waals surface area contributed by atoms with E-state index in [1.807, 2.05) is 0 Å². The molecule has 160 valence electrons. The van der Waals surface area contributed by atoms with Gasteiger partial charge < -0.3 is 10.6 Å². The Kier molecular flexibility index (Phi) is 5.87. The van der Waals surface area contributed by atoms with E-state index in [2.05, 4.69) is 20.5 Å². The van der Waals surface area contributed by atoms with Crippen molar-refractivity contribution in [2.45, 2.75) is 62.0 Å². The van der Waals surface area contributed by atoms with Crippen molar-refractivity contribution in [1.29, 1.82) is 0 Å². The molecule has 1 aromatic carbocycles. The van der Waals surface area contributed by atoms with Gasteiger partial charge in [0.25, 0.3) is 5.91 Å². The van der Waals surface area contributed by atoms with Crippen LogP contribution in [0.25, 0.3) is 0 Å². The lowest BCUT2D eigenvalue weighted by molar-refractivity contribution is -0.122. The van der Waals surface area contributed by atoms with Crippen LogP contribution >= 0.6 is 0 Å². The number of amides is 2. The molecule has 2 aliphatic carbocycles. The lowest BCUT2D eigenvalue weighted by Crippen LogP contribution is -2.35. The first kappa shape index (κ1) is 20.5. The highest BCUT2D eigenvalue weighted by atomic mass is 32.2. The second kappa shape index (κ2) is 8.57. The van der Waals surface area contributed by atoms with Crippen molar-refractivity contribution in [3.63, 3.8) is 0 Å². The number of rotatable bonds is 8. The number of nitrogens with zero attached hydrogens (tertiary/aromatic N) is 2. The summed E-state index contributed by atoms with van der Waals surface area (Å²) in [4.78, 5) is 24.7. The summed E-state index contributed by atoms with van der Waals surface area (Å²) in [5.74, 6) is -0.558. The van der Waals surface area contributed by atoms with Gasteiger partial charge in [0.2, 0.25) is 15.9 Å². The minimum Gasteiger partial charge on any atom is -0.352 e. The fourth-order valence-corrected chi connectivity index (χ4v) is 4.85. The number of benzene rings is 1. The van der Waals surface area contributed by atoms with Gasteiger partial charge in [-0.1, -0.05) is 18.9 Å². The number of hydrogen-bond acceptors (Lipinski definition) is 5. The van der Waals surface area contributed by atoms with Gasteiger partial charge in [0.05, 0.1) is 16.8 Å². The van der Waals surface area contributed by atoms with Crippen LogP contribution in [-0.4, -0.2) is 42.1 Å². The van der Waals surface area contributed by atoms with E-state index in [9.17, 15) is 18.0 Å². The quantitative estimate of drug-likeness (QED) is 0.586. The molecule has 0 radical (unpaired) electrons. The average Bonchev–Trinajstić information content (AvgIpc) is 3.16. The Morgan fingerprint density at radius 2 is 1.87 bits per heavy atom. The lowest BCUT2D eigenvalue weighted by atomic mass is 10.2. The summed E-state index contributed by atoms with van der Waals surface area (Å²) in [6.07, 6.45) is 9.00. The van der Waals surface area contributed by atoms with Crippen molar-refractivity contribution in [2.75, 3.05) is 5.32 Å². The van der Waals surface area contributed by atoms with Crippen molar-refractivity contribution in [3.8, 4) is 0 Å². The number of anilines is 1. The summed E-state index contributed by atoms with van der Waals surface area (Å²) < 4.78 is 28.8. The molecule has 2 fully saturated rings. The molecule has 10 heteroatoms. The molecule has 0 unspecified atom stereocenters. The van der Waals surface area contributed by atoms with Crippen molar-refractivity contribution in [3.05, 3.63) is 42.2 Å². The van der Waals surface area contributed by atoms with Gasteiger partial charge in [0.1, 0.15) is 6.54 Å². The molecule has 0 bridgehead atoms. The van der Waals surface area contributed by atoms with E-state index in [0.29, 0.717) is 5.69 Å². The highest BCUT2D eigenvalue weighted by Gasteiger charge is 2.28. The molecule has 0 saturated heterocycles. The van der Waals surface area contributed by atoms with E-state index in [1.165, 1.54) is 29.1 Å². The Morgan fingerprint density at radius 3 is 2.60 bits per heavy atom. The van der Waals surface area contributed by atoms with Gasteiger partial charge in [-0.25, -0.2) is 13.1 Å². The SMILES string of the molecule is O=C(Cn1cc(NC(=O)c2cccc(S(=O)(=O)NC3CC3)c2)cn1)NC1CCCC1. The first-order valence-corrected chi connectivity index (χ1v) is 11.6. The highest BCUT2D eigenvalue weighted by molar-refractivity contribution is 7.89. The molecule has 9 nitrogen and oxygen atoms in total.